The molecule has 0 spiro atoms. The highest BCUT2D eigenvalue weighted by molar-refractivity contribution is 5.87. The normalized spacial score (nSPS) is 7.88. The number of allylic oxidation sites excluding steroid dienone is 1. The number of nitrogens with two attached hydrogens (primary N) is 1. The molecule has 0 fully saturated rings. The van der Waals surface area contributed by atoms with Crippen molar-refractivity contribution in [3.8, 4) is 0 Å². The van der Waals surface area contributed by atoms with Gasteiger partial charge in [-0.2, -0.15) is 0 Å². The zero-order valence-corrected chi connectivity index (χ0v) is 5.06. The Morgan fingerprint density at radius 3 is 2.25 bits per heavy atom. The number of amides is 1. The van der Waals surface area contributed by atoms with Crippen LogP contribution in [0.25, 0.3) is 0 Å². The first kappa shape index (κ1) is 7.17. The summed E-state index contributed by atoms with van der Waals surface area (Å²) in [4.78, 5) is 10.3. The molecule has 0 rings (SSSR count). The Bertz CT molecular complexity index is 114. The average Bonchev–Trinajstić information content (AvgIpc) is 1.65. The molecule has 0 aliphatic heterocycles. The first-order chi connectivity index (χ1) is 3.66. The van der Waals surface area contributed by atoms with Gasteiger partial charge >= 0.3 is 0 Å². The lowest BCUT2D eigenvalue weighted by molar-refractivity contribution is -0.116. The van der Waals surface area contributed by atoms with Crippen LogP contribution in [0.3, 0.4) is 0 Å². The molecule has 0 aliphatic rings. The Labute approximate surface area is 48.5 Å². The van der Waals surface area contributed by atoms with Gasteiger partial charge in [-0.25, -0.2) is 5.84 Å². The second kappa shape index (κ2) is 3.21. The van der Waals surface area contributed by atoms with Crippen molar-refractivity contribution in [2.75, 3.05) is 0 Å². The van der Waals surface area contributed by atoms with E-state index < -0.39 is 0 Å². The molecule has 0 aromatic rings. The van der Waals surface area contributed by atoms with Crippen LogP contribution < -0.4 is 11.3 Å². The lowest BCUT2D eigenvalue weighted by Crippen LogP contribution is -2.28. The Hall–Kier alpha value is -0.830. The van der Waals surface area contributed by atoms with Gasteiger partial charge in [0.05, 0.1) is 0 Å². The lowest BCUT2D eigenvalue weighted by Gasteiger charge is -1.89. The predicted octanol–water partition coefficient (Wildman–Crippen LogP) is -0.0575. The maximum atomic E-state index is 10.3. The number of hydrazine groups is 1. The molecule has 1 amide bonds. The monoisotopic (exact) mass is 114 g/mol. The molecule has 8 heavy (non-hydrogen) atoms. The molecule has 0 saturated heterocycles. The highest BCUT2D eigenvalue weighted by Gasteiger charge is 1.87. The van der Waals surface area contributed by atoms with Gasteiger partial charge in [0.2, 0.25) is 0 Å². The topological polar surface area (TPSA) is 55.1 Å². The van der Waals surface area contributed by atoms with E-state index >= 15 is 0 Å². The van der Waals surface area contributed by atoms with Crippen LogP contribution in [0.1, 0.15) is 13.8 Å². The molecule has 46 valence electrons. The van der Waals surface area contributed by atoms with E-state index in [9.17, 15) is 4.79 Å². The van der Waals surface area contributed by atoms with E-state index in [4.69, 9.17) is 5.84 Å². The first-order valence-corrected chi connectivity index (χ1v) is 2.32. The molecule has 3 nitrogen and oxygen atoms in total. The number of carbonyl (C=O) groups is 1. The van der Waals surface area contributed by atoms with Crippen molar-refractivity contribution < 1.29 is 4.79 Å². The summed E-state index contributed by atoms with van der Waals surface area (Å²) in [5.74, 6) is 4.52. The molecule has 0 aliphatic carbocycles. The molecule has 0 aromatic heterocycles. The number of nitrogens with one attached hydrogen (secondary N) is 1. The van der Waals surface area contributed by atoms with E-state index in [0.717, 1.165) is 5.57 Å². The van der Waals surface area contributed by atoms with Crippen molar-refractivity contribution >= 4 is 5.91 Å². The molecular formula is C5H10N2O. The zero-order chi connectivity index (χ0) is 6.57. The molecule has 3 heteroatoms. The molecule has 3 N–H and O–H groups in total. The van der Waals surface area contributed by atoms with E-state index in [1.807, 2.05) is 19.3 Å². The van der Waals surface area contributed by atoms with Crippen LogP contribution in [0, 0.1) is 0 Å². The fraction of sp³-hybridized carbons (Fsp3) is 0.400. The van der Waals surface area contributed by atoms with Crippen LogP contribution in [0.15, 0.2) is 11.6 Å². The van der Waals surface area contributed by atoms with Crippen LogP contribution in [-0.2, 0) is 4.79 Å². The lowest BCUT2D eigenvalue weighted by atomic mass is 10.3. The summed E-state index contributed by atoms with van der Waals surface area (Å²) in [5, 5.41) is 0. The van der Waals surface area contributed by atoms with Gasteiger partial charge in [-0.15, -0.1) is 0 Å². The zero-order valence-electron chi connectivity index (χ0n) is 5.06. The summed E-state index contributed by atoms with van der Waals surface area (Å²) < 4.78 is 0. The van der Waals surface area contributed by atoms with Gasteiger partial charge < -0.3 is 0 Å². The molecule has 0 unspecified atom stereocenters. The van der Waals surface area contributed by atoms with Crippen molar-refractivity contribution in [3.63, 3.8) is 0 Å². The quantitative estimate of drug-likeness (QED) is 0.217. The molecule has 0 heterocycles. The number of hydrogen-bond donors (Lipinski definition) is 2. The number of carbonyl (C=O) groups excluding carboxylic acids is 1. The van der Waals surface area contributed by atoms with Crippen molar-refractivity contribution in [1.29, 1.82) is 0 Å². The van der Waals surface area contributed by atoms with Crippen molar-refractivity contribution in [2.45, 2.75) is 13.8 Å². The van der Waals surface area contributed by atoms with Crippen molar-refractivity contribution in [3.05, 3.63) is 11.6 Å². The first-order valence-electron chi connectivity index (χ1n) is 2.32. The second-order valence-corrected chi connectivity index (χ2v) is 1.73. The van der Waals surface area contributed by atoms with E-state index in [-0.39, 0.29) is 5.91 Å². The largest absolute Gasteiger partial charge is 0.291 e. The fourth-order valence-corrected chi connectivity index (χ4v) is 0.304. The van der Waals surface area contributed by atoms with E-state index in [1.54, 1.807) is 0 Å². The third kappa shape index (κ3) is 3.36. The molecule has 0 aromatic carbocycles. The highest BCUT2D eigenvalue weighted by Crippen LogP contribution is 1.85. The van der Waals surface area contributed by atoms with Gasteiger partial charge in [0.25, 0.3) is 5.91 Å². The third-order valence-electron chi connectivity index (χ3n) is 0.562. The predicted molar refractivity (Wildman–Crippen MR) is 31.8 cm³/mol. The molecule has 0 bridgehead atoms. The van der Waals surface area contributed by atoms with Gasteiger partial charge in [0.1, 0.15) is 0 Å². The van der Waals surface area contributed by atoms with Crippen molar-refractivity contribution in [1.82, 2.24) is 5.43 Å². The SMILES string of the molecule is CC(C)=CC(=O)NN. The standard InChI is InChI=1S/C5H10N2O/c1-4(2)3-5(8)7-6/h3H,6H2,1-2H3,(H,7,8). The van der Waals surface area contributed by atoms with Gasteiger partial charge in [-0.3, -0.25) is 10.2 Å². The summed E-state index contributed by atoms with van der Waals surface area (Å²) in [6, 6.07) is 0. The summed E-state index contributed by atoms with van der Waals surface area (Å²) in [6.45, 7) is 3.66. The minimum absolute atomic E-state index is 0.259. The van der Waals surface area contributed by atoms with Crippen LogP contribution >= 0.6 is 0 Å². The summed E-state index contributed by atoms with van der Waals surface area (Å²) in [5.41, 5.74) is 2.92. The van der Waals surface area contributed by atoms with Crippen LogP contribution in [0.4, 0.5) is 0 Å². The van der Waals surface area contributed by atoms with Gasteiger partial charge in [0, 0.05) is 6.08 Å². The summed E-state index contributed by atoms with van der Waals surface area (Å²) >= 11 is 0. The molecule has 0 saturated carbocycles. The van der Waals surface area contributed by atoms with Crippen LogP contribution in [0.5, 0.6) is 0 Å². The van der Waals surface area contributed by atoms with Gasteiger partial charge in [0.15, 0.2) is 0 Å². The van der Waals surface area contributed by atoms with Gasteiger partial charge in [-0.05, 0) is 13.8 Å². The second-order valence-electron chi connectivity index (χ2n) is 1.73. The average molecular weight is 114 g/mol. The van der Waals surface area contributed by atoms with E-state index in [1.165, 1.54) is 6.08 Å². The summed E-state index contributed by atoms with van der Waals surface area (Å²) in [6.07, 6.45) is 1.43. The molecule has 0 atom stereocenters. The highest BCUT2D eigenvalue weighted by atomic mass is 16.2. The van der Waals surface area contributed by atoms with Crippen LogP contribution in [0.2, 0.25) is 0 Å². The maximum Gasteiger partial charge on any atom is 0.257 e. The van der Waals surface area contributed by atoms with Gasteiger partial charge in [-0.1, -0.05) is 5.57 Å². The molecule has 0 radical (unpaired) electrons. The smallest absolute Gasteiger partial charge is 0.257 e. The van der Waals surface area contributed by atoms with Crippen molar-refractivity contribution in [2.24, 2.45) is 5.84 Å². The number of rotatable bonds is 1. The number of hydrogen-bond acceptors (Lipinski definition) is 2. The summed E-state index contributed by atoms with van der Waals surface area (Å²) in [7, 11) is 0. The molecular weight excluding hydrogens is 104 g/mol. The van der Waals surface area contributed by atoms with E-state index in [0.29, 0.717) is 0 Å². The minimum atomic E-state index is -0.259. The Morgan fingerprint density at radius 1 is 1.62 bits per heavy atom. The Morgan fingerprint density at radius 2 is 2.12 bits per heavy atom. The third-order valence-corrected chi connectivity index (χ3v) is 0.562. The maximum absolute atomic E-state index is 10.3. The Kier molecular flexibility index (Phi) is 2.88. The Balaban J connectivity index is 3.70. The fourth-order valence-electron chi connectivity index (χ4n) is 0.304. The minimum Gasteiger partial charge on any atom is -0.291 e. The van der Waals surface area contributed by atoms with E-state index in [2.05, 4.69) is 0 Å². The van der Waals surface area contributed by atoms with Crippen LogP contribution in [-0.4, -0.2) is 5.91 Å².